The van der Waals surface area contributed by atoms with Gasteiger partial charge in [0.25, 0.3) is 0 Å². The topological polar surface area (TPSA) is 84.6 Å². The Kier molecular flexibility index (Phi) is 8.15. The van der Waals surface area contributed by atoms with Gasteiger partial charge >= 0.3 is 6.09 Å². The summed E-state index contributed by atoms with van der Waals surface area (Å²) >= 11 is 2.89. The van der Waals surface area contributed by atoms with E-state index in [0.717, 1.165) is 11.3 Å². The highest BCUT2D eigenvalue weighted by Gasteiger charge is 2.30. The fraction of sp³-hybridized carbons (Fsp3) is 0.316. The number of phenolic OH excluding ortho intramolecular Hbond substituents is 1. The van der Waals surface area contributed by atoms with Crippen LogP contribution >= 0.6 is 23.5 Å². The third-order valence-electron chi connectivity index (χ3n) is 3.46. The lowest BCUT2D eigenvalue weighted by Gasteiger charge is -2.28. The molecule has 26 heavy (non-hydrogen) atoms. The maximum absolute atomic E-state index is 11.9. The molecule has 0 radical (unpaired) electrons. The second-order valence-electron chi connectivity index (χ2n) is 5.63. The summed E-state index contributed by atoms with van der Waals surface area (Å²) < 4.78 is 5.47. The lowest BCUT2D eigenvalue weighted by Crippen LogP contribution is -2.46. The number of hydrogen-bond acceptors (Lipinski definition) is 6. The van der Waals surface area contributed by atoms with Crippen molar-refractivity contribution in [2.45, 2.75) is 23.5 Å². The molecule has 0 bridgehead atoms. The summed E-state index contributed by atoms with van der Waals surface area (Å²) in [6.45, 7) is 2.29. The van der Waals surface area contributed by atoms with E-state index in [-0.39, 0.29) is 5.75 Å². The molecular formula is C19H24N2O3S2. The summed E-state index contributed by atoms with van der Waals surface area (Å²) in [5.74, 6) is 1.85. The third kappa shape index (κ3) is 6.82. The van der Waals surface area contributed by atoms with Crippen LogP contribution in [0.2, 0.25) is 0 Å². The van der Waals surface area contributed by atoms with Crippen molar-refractivity contribution in [3.8, 4) is 5.75 Å². The van der Waals surface area contributed by atoms with Gasteiger partial charge in [-0.2, -0.15) is 11.8 Å². The third-order valence-corrected chi connectivity index (χ3v) is 5.99. The standard InChI is InChI=1S/C19H24N2O3S2/c1-2-21-18(23)24-19(20,14-25-12-15-8-4-3-5-9-15)26-13-16-10-6-7-11-17(16)22/h3-11,22H,2,12-14,20H2,1H3,(H,21,23). The molecule has 1 amide bonds. The number of rotatable bonds is 9. The molecule has 140 valence electrons. The second-order valence-corrected chi connectivity index (χ2v) is 7.88. The molecule has 4 N–H and O–H groups in total. The fourth-order valence-electron chi connectivity index (χ4n) is 2.16. The Labute approximate surface area is 162 Å². The number of ether oxygens (including phenoxy) is 1. The van der Waals surface area contributed by atoms with Gasteiger partial charge in [0.15, 0.2) is 0 Å². The van der Waals surface area contributed by atoms with Gasteiger partial charge in [-0.1, -0.05) is 60.3 Å². The number of hydrogen-bond donors (Lipinski definition) is 3. The minimum atomic E-state index is -1.19. The number of thioether (sulfide) groups is 2. The van der Waals surface area contributed by atoms with Gasteiger partial charge in [-0.3, -0.25) is 5.73 Å². The Morgan fingerprint density at radius 3 is 2.54 bits per heavy atom. The normalized spacial score (nSPS) is 13.0. The first kappa shape index (κ1) is 20.5. The number of alkyl carbamates (subject to hydrolysis) is 1. The highest BCUT2D eigenvalue weighted by molar-refractivity contribution is 8.03. The molecule has 2 rings (SSSR count). The van der Waals surface area contributed by atoms with E-state index in [2.05, 4.69) is 5.32 Å². The monoisotopic (exact) mass is 392 g/mol. The van der Waals surface area contributed by atoms with E-state index in [1.54, 1.807) is 23.9 Å². The SMILES string of the molecule is CCNC(=O)OC(N)(CSCc1ccccc1)SCc1ccccc1O. The molecule has 0 fully saturated rings. The summed E-state index contributed by atoms with van der Waals surface area (Å²) in [5.41, 5.74) is 8.30. The van der Waals surface area contributed by atoms with Crippen molar-refractivity contribution in [3.05, 3.63) is 65.7 Å². The van der Waals surface area contributed by atoms with Gasteiger partial charge in [0.2, 0.25) is 5.06 Å². The number of carbonyl (C=O) groups excluding carboxylic acids is 1. The number of aromatic hydroxyl groups is 1. The van der Waals surface area contributed by atoms with Crippen molar-refractivity contribution in [2.24, 2.45) is 5.73 Å². The summed E-state index contributed by atoms with van der Waals surface area (Å²) in [5, 5.41) is 11.3. The summed E-state index contributed by atoms with van der Waals surface area (Å²) in [6, 6.07) is 17.1. The number of phenols is 1. The fourth-order valence-corrected chi connectivity index (χ4v) is 4.39. The van der Waals surface area contributed by atoms with E-state index < -0.39 is 11.2 Å². The van der Waals surface area contributed by atoms with Crippen molar-refractivity contribution in [3.63, 3.8) is 0 Å². The minimum Gasteiger partial charge on any atom is -0.508 e. The van der Waals surface area contributed by atoms with Crippen LogP contribution in [0.15, 0.2) is 54.6 Å². The molecule has 0 aromatic heterocycles. The molecule has 1 unspecified atom stereocenters. The van der Waals surface area contributed by atoms with E-state index in [1.165, 1.54) is 17.3 Å². The smallest absolute Gasteiger partial charge is 0.409 e. The zero-order valence-electron chi connectivity index (χ0n) is 14.7. The molecule has 0 saturated carbocycles. The van der Waals surface area contributed by atoms with Crippen molar-refractivity contribution in [1.29, 1.82) is 0 Å². The molecule has 2 aromatic rings. The number of benzene rings is 2. The Hall–Kier alpha value is -1.83. The van der Waals surface area contributed by atoms with E-state index in [9.17, 15) is 9.90 Å². The van der Waals surface area contributed by atoms with E-state index in [0.29, 0.717) is 18.1 Å². The first-order valence-corrected chi connectivity index (χ1v) is 10.4. The first-order valence-electron chi connectivity index (χ1n) is 8.30. The lowest BCUT2D eigenvalue weighted by atomic mass is 10.2. The second kappa shape index (κ2) is 10.4. The van der Waals surface area contributed by atoms with Gasteiger partial charge in [0, 0.05) is 23.6 Å². The molecule has 0 spiro atoms. The van der Waals surface area contributed by atoms with Crippen molar-refractivity contribution < 1.29 is 14.6 Å². The zero-order valence-corrected chi connectivity index (χ0v) is 16.3. The van der Waals surface area contributed by atoms with Crippen LogP contribution in [0.4, 0.5) is 4.79 Å². The summed E-state index contributed by atoms with van der Waals surface area (Å²) in [6.07, 6.45) is -0.542. The van der Waals surface area contributed by atoms with E-state index in [4.69, 9.17) is 10.5 Å². The summed E-state index contributed by atoms with van der Waals surface area (Å²) in [7, 11) is 0. The average Bonchev–Trinajstić information content (AvgIpc) is 2.62. The maximum atomic E-state index is 11.9. The van der Waals surface area contributed by atoms with Crippen LogP contribution in [0, 0.1) is 0 Å². The molecule has 1 atom stereocenters. The van der Waals surface area contributed by atoms with Crippen molar-refractivity contribution in [2.75, 3.05) is 12.3 Å². The van der Waals surface area contributed by atoms with Crippen LogP contribution in [0.25, 0.3) is 0 Å². The number of carbonyl (C=O) groups is 1. The number of nitrogens with two attached hydrogens (primary N) is 1. The van der Waals surface area contributed by atoms with Crippen LogP contribution in [0.1, 0.15) is 18.1 Å². The van der Waals surface area contributed by atoms with E-state index in [1.807, 2.05) is 49.4 Å². The highest BCUT2D eigenvalue weighted by Crippen LogP contribution is 2.32. The van der Waals surface area contributed by atoms with Crippen molar-refractivity contribution in [1.82, 2.24) is 5.32 Å². The molecule has 2 aromatic carbocycles. The van der Waals surface area contributed by atoms with Crippen LogP contribution in [-0.2, 0) is 16.2 Å². The van der Waals surface area contributed by atoms with Gasteiger partial charge in [0.1, 0.15) is 5.75 Å². The van der Waals surface area contributed by atoms with Gasteiger partial charge in [-0.05, 0) is 18.6 Å². The molecule has 0 heterocycles. The molecule has 0 aliphatic carbocycles. The number of amides is 1. The lowest BCUT2D eigenvalue weighted by molar-refractivity contribution is 0.0939. The Morgan fingerprint density at radius 1 is 1.15 bits per heavy atom. The number of para-hydroxylation sites is 1. The molecule has 0 saturated heterocycles. The molecule has 7 heteroatoms. The highest BCUT2D eigenvalue weighted by atomic mass is 32.2. The molecule has 5 nitrogen and oxygen atoms in total. The van der Waals surface area contributed by atoms with Gasteiger partial charge in [0.05, 0.1) is 5.75 Å². The van der Waals surface area contributed by atoms with E-state index >= 15 is 0 Å². The Balaban J connectivity index is 1.98. The van der Waals surface area contributed by atoms with Crippen LogP contribution in [0.5, 0.6) is 5.75 Å². The van der Waals surface area contributed by atoms with Crippen molar-refractivity contribution >= 4 is 29.6 Å². The Bertz CT molecular complexity index is 700. The van der Waals surface area contributed by atoms with Crippen LogP contribution in [-0.4, -0.2) is 28.6 Å². The minimum absolute atomic E-state index is 0.206. The van der Waals surface area contributed by atoms with Crippen LogP contribution < -0.4 is 11.1 Å². The molecular weight excluding hydrogens is 368 g/mol. The summed E-state index contributed by atoms with van der Waals surface area (Å²) in [4.78, 5) is 11.9. The zero-order chi connectivity index (χ0) is 18.8. The maximum Gasteiger partial charge on any atom is 0.409 e. The predicted molar refractivity (Wildman–Crippen MR) is 109 cm³/mol. The predicted octanol–water partition coefficient (Wildman–Crippen LogP) is 3.92. The quantitative estimate of drug-likeness (QED) is 0.561. The van der Waals surface area contributed by atoms with Gasteiger partial charge in [-0.15, -0.1) is 0 Å². The average molecular weight is 393 g/mol. The van der Waals surface area contributed by atoms with Gasteiger partial charge < -0.3 is 15.2 Å². The molecule has 0 aliphatic rings. The van der Waals surface area contributed by atoms with Gasteiger partial charge in [-0.25, -0.2) is 4.79 Å². The Morgan fingerprint density at radius 2 is 1.85 bits per heavy atom. The number of nitrogens with one attached hydrogen (secondary N) is 1. The largest absolute Gasteiger partial charge is 0.508 e. The first-order chi connectivity index (χ1) is 12.5. The molecule has 0 aliphatic heterocycles. The van der Waals surface area contributed by atoms with Crippen LogP contribution in [0.3, 0.4) is 0 Å².